The first-order valence-corrected chi connectivity index (χ1v) is 3.41. The first-order chi connectivity index (χ1) is 4.52. The summed E-state index contributed by atoms with van der Waals surface area (Å²) in [5.74, 6) is 0. The van der Waals surface area contributed by atoms with Crippen LogP contribution >= 0.6 is 11.6 Å². The number of ether oxygens (including phenoxy) is 1. The molecule has 0 bridgehead atoms. The van der Waals surface area contributed by atoms with Crippen molar-refractivity contribution in [2.45, 2.75) is 19.6 Å². The van der Waals surface area contributed by atoms with Crippen LogP contribution in [0.4, 0.5) is 0 Å². The minimum Gasteiger partial charge on any atom is -0.476 e. The summed E-state index contributed by atoms with van der Waals surface area (Å²) in [4.78, 5) is 0. The van der Waals surface area contributed by atoms with E-state index >= 15 is 0 Å². The largest absolute Gasteiger partial charge is 0.476 e. The summed E-state index contributed by atoms with van der Waals surface area (Å²) in [6.45, 7) is 3.62. The van der Waals surface area contributed by atoms with Gasteiger partial charge < -0.3 is 4.74 Å². The highest BCUT2D eigenvalue weighted by Crippen LogP contribution is 2.25. The van der Waals surface area contributed by atoms with Crippen molar-refractivity contribution in [3.05, 3.63) is 22.9 Å². The van der Waals surface area contributed by atoms with Crippen molar-refractivity contribution >= 4 is 11.6 Å². The fourth-order valence-corrected chi connectivity index (χ4v) is 0.866. The van der Waals surface area contributed by atoms with Gasteiger partial charge in [0.1, 0.15) is 0 Å². The highest BCUT2D eigenvalue weighted by molar-refractivity contribution is 6.30. The molecule has 1 unspecified atom stereocenters. The average Bonchev–Trinajstić information content (AvgIpc) is 1.81. The highest BCUT2D eigenvalue weighted by atomic mass is 35.5. The standard InChI is InChI=1S/C7H10ClNO/c1-5-3-6(8)7(2,9)10-4-5/h3-4H,9H2,1-2H3. The SMILES string of the molecule is CC1=COC(C)(N)C(Cl)=C1. The van der Waals surface area contributed by atoms with Gasteiger partial charge in [0.15, 0.2) is 5.72 Å². The Kier molecular flexibility index (Phi) is 1.75. The van der Waals surface area contributed by atoms with Crippen LogP contribution in [0.5, 0.6) is 0 Å². The van der Waals surface area contributed by atoms with Gasteiger partial charge in [0, 0.05) is 0 Å². The summed E-state index contributed by atoms with van der Waals surface area (Å²) in [6.07, 6.45) is 3.40. The lowest BCUT2D eigenvalue weighted by Crippen LogP contribution is -2.39. The monoisotopic (exact) mass is 159 g/mol. The number of hydrogen-bond donors (Lipinski definition) is 1. The lowest BCUT2D eigenvalue weighted by atomic mass is 10.1. The zero-order chi connectivity index (χ0) is 7.78. The summed E-state index contributed by atoms with van der Waals surface area (Å²) in [5.41, 5.74) is 5.76. The van der Waals surface area contributed by atoms with Gasteiger partial charge in [-0.1, -0.05) is 11.6 Å². The van der Waals surface area contributed by atoms with Crippen molar-refractivity contribution in [1.29, 1.82) is 0 Å². The third-order valence-corrected chi connectivity index (χ3v) is 1.80. The van der Waals surface area contributed by atoms with Crippen LogP contribution in [-0.2, 0) is 4.74 Å². The second kappa shape index (κ2) is 2.29. The summed E-state index contributed by atoms with van der Waals surface area (Å²) in [7, 11) is 0. The van der Waals surface area contributed by atoms with E-state index in [9.17, 15) is 0 Å². The van der Waals surface area contributed by atoms with E-state index in [-0.39, 0.29) is 0 Å². The minimum absolute atomic E-state index is 0.535. The van der Waals surface area contributed by atoms with E-state index in [1.807, 2.05) is 6.92 Å². The Hall–Kier alpha value is -0.470. The normalized spacial score (nSPS) is 32.4. The Balaban J connectivity index is 2.88. The van der Waals surface area contributed by atoms with E-state index in [4.69, 9.17) is 22.1 Å². The van der Waals surface area contributed by atoms with E-state index in [0.29, 0.717) is 5.03 Å². The second-order valence-electron chi connectivity index (χ2n) is 2.58. The fraction of sp³-hybridized carbons (Fsp3) is 0.429. The third-order valence-electron chi connectivity index (χ3n) is 1.32. The summed E-state index contributed by atoms with van der Waals surface area (Å²) in [6, 6.07) is 0. The molecule has 2 nitrogen and oxygen atoms in total. The highest BCUT2D eigenvalue weighted by Gasteiger charge is 2.25. The molecule has 0 radical (unpaired) electrons. The van der Waals surface area contributed by atoms with Crippen molar-refractivity contribution in [3.8, 4) is 0 Å². The molecule has 1 rings (SSSR count). The Labute approximate surface area is 65.3 Å². The lowest BCUT2D eigenvalue weighted by molar-refractivity contribution is 0.0831. The van der Waals surface area contributed by atoms with E-state index in [1.54, 1.807) is 19.3 Å². The van der Waals surface area contributed by atoms with Crippen LogP contribution in [0.1, 0.15) is 13.8 Å². The molecule has 1 heterocycles. The van der Waals surface area contributed by atoms with E-state index in [0.717, 1.165) is 5.57 Å². The zero-order valence-electron chi connectivity index (χ0n) is 6.02. The van der Waals surface area contributed by atoms with Crippen LogP contribution in [0, 0.1) is 0 Å². The summed E-state index contributed by atoms with van der Waals surface area (Å²) >= 11 is 5.77. The van der Waals surface area contributed by atoms with Crippen LogP contribution in [0.3, 0.4) is 0 Å². The quantitative estimate of drug-likeness (QED) is 0.584. The van der Waals surface area contributed by atoms with Gasteiger partial charge in [0.25, 0.3) is 0 Å². The van der Waals surface area contributed by atoms with Crippen molar-refractivity contribution in [1.82, 2.24) is 0 Å². The van der Waals surface area contributed by atoms with Gasteiger partial charge in [-0.2, -0.15) is 0 Å². The van der Waals surface area contributed by atoms with E-state index < -0.39 is 5.72 Å². The maximum atomic E-state index is 5.77. The van der Waals surface area contributed by atoms with Crippen LogP contribution in [0.15, 0.2) is 22.9 Å². The molecule has 0 aromatic rings. The first kappa shape index (κ1) is 7.63. The van der Waals surface area contributed by atoms with Gasteiger partial charge in [0.2, 0.25) is 0 Å². The number of rotatable bonds is 0. The summed E-state index contributed by atoms with van der Waals surface area (Å²) < 4.78 is 5.11. The molecule has 1 atom stereocenters. The van der Waals surface area contributed by atoms with Gasteiger partial charge >= 0.3 is 0 Å². The molecule has 0 saturated heterocycles. The molecule has 3 heteroatoms. The molecule has 0 aliphatic carbocycles. The molecule has 0 aromatic heterocycles. The Morgan fingerprint density at radius 3 is 2.70 bits per heavy atom. The molecular formula is C7H10ClNO. The Morgan fingerprint density at radius 2 is 2.30 bits per heavy atom. The van der Waals surface area contributed by atoms with Gasteiger partial charge in [0.05, 0.1) is 11.3 Å². The Bertz CT molecular complexity index is 206. The van der Waals surface area contributed by atoms with Gasteiger partial charge in [-0.25, -0.2) is 0 Å². The molecule has 0 amide bonds. The molecule has 1 aliphatic heterocycles. The lowest BCUT2D eigenvalue weighted by Gasteiger charge is -2.26. The van der Waals surface area contributed by atoms with Gasteiger partial charge in [-0.3, -0.25) is 5.73 Å². The zero-order valence-corrected chi connectivity index (χ0v) is 6.77. The number of halogens is 1. The smallest absolute Gasteiger partial charge is 0.191 e. The Morgan fingerprint density at radius 1 is 1.70 bits per heavy atom. The van der Waals surface area contributed by atoms with Gasteiger partial charge in [-0.15, -0.1) is 0 Å². The molecule has 1 aliphatic rings. The molecule has 2 N–H and O–H groups in total. The molecule has 0 spiro atoms. The first-order valence-electron chi connectivity index (χ1n) is 3.03. The van der Waals surface area contributed by atoms with Crippen LogP contribution in [0.25, 0.3) is 0 Å². The van der Waals surface area contributed by atoms with E-state index in [2.05, 4.69) is 0 Å². The molecule has 0 saturated carbocycles. The van der Waals surface area contributed by atoms with Crippen molar-refractivity contribution < 1.29 is 4.74 Å². The average molecular weight is 160 g/mol. The van der Waals surface area contributed by atoms with Crippen LogP contribution in [-0.4, -0.2) is 5.72 Å². The maximum absolute atomic E-state index is 5.77. The predicted octanol–water partition coefficient (Wildman–Crippen LogP) is 1.72. The molecule has 0 aromatic carbocycles. The minimum atomic E-state index is -0.832. The van der Waals surface area contributed by atoms with Crippen molar-refractivity contribution in [2.24, 2.45) is 5.73 Å². The van der Waals surface area contributed by atoms with Gasteiger partial charge in [-0.05, 0) is 25.5 Å². The van der Waals surface area contributed by atoms with Crippen molar-refractivity contribution in [3.63, 3.8) is 0 Å². The summed E-state index contributed by atoms with van der Waals surface area (Å²) in [5, 5.41) is 0.535. The number of nitrogens with two attached hydrogens (primary N) is 1. The van der Waals surface area contributed by atoms with Crippen LogP contribution < -0.4 is 5.73 Å². The maximum Gasteiger partial charge on any atom is 0.191 e. The number of allylic oxidation sites excluding steroid dienone is 2. The van der Waals surface area contributed by atoms with E-state index in [1.165, 1.54) is 0 Å². The van der Waals surface area contributed by atoms with Crippen molar-refractivity contribution in [2.75, 3.05) is 0 Å². The number of hydrogen-bond acceptors (Lipinski definition) is 2. The predicted molar refractivity (Wildman–Crippen MR) is 41.4 cm³/mol. The molecular weight excluding hydrogens is 150 g/mol. The second-order valence-corrected chi connectivity index (χ2v) is 2.99. The molecule has 10 heavy (non-hydrogen) atoms. The molecule has 56 valence electrons. The van der Waals surface area contributed by atoms with Crippen LogP contribution in [0.2, 0.25) is 0 Å². The molecule has 0 fully saturated rings. The topological polar surface area (TPSA) is 35.2 Å². The fourth-order valence-electron chi connectivity index (χ4n) is 0.649. The third kappa shape index (κ3) is 1.33.